The zero-order chi connectivity index (χ0) is 18.8. The highest BCUT2D eigenvalue weighted by molar-refractivity contribution is 7.27. The number of rotatable bonds is 3. The van der Waals surface area contributed by atoms with Gasteiger partial charge >= 0.3 is 0 Å². The molecular weight excluding hydrogens is 372 g/mol. The van der Waals surface area contributed by atoms with Crippen molar-refractivity contribution >= 4 is 64.3 Å². The van der Waals surface area contributed by atoms with E-state index in [-0.39, 0.29) is 5.41 Å². The highest BCUT2D eigenvalue weighted by atomic mass is 32.1. The average molecular weight is 401 g/mol. The van der Waals surface area contributed by atoms with E-state index in [1.54, 1.807) is 4.88 Å². The first kappa shape index (κ1) is 18.5. The first-order valence-electron chi connectivity index (χ1n) is 9.63. The van der Waals surface area contributed by atoms with Crippen LogP contribution in [0, 0.1) is 0 Å². The monoisotopic (exact) mass is 400 g/mol. The third-order valence-corrected chi connectivity index (χ3v) is 9.84. The molecule has 1 aromatic carbocycles. The van der Waals surface area contributed by atoms with Crippen LogP contribution < -0.4 is 0 Å². The summed E-state index contributed by atoms with van der Waals surface area (Å²) in [6, 6.07) is 7.44. The Morgan fingerprint density at radius 2 is 1.27 bits per heavy atom. The lowest BCUT2D eigenvalue weighted by Gasteiger charge is -2.14. The van der Waals surface area contributed by atoms with Gasteiger partial charge in [0.1, 0.15) is 0 Å². The molecule has 1 unspecified atom stereocenters. The fourth-order valence-corrected chi connectivity index (χ4v) is 7.37. The molecule has 0 aliphatic rings. The van der Waals surface area contributed by atoms with Gasteiger partial charge in [-0.15, -0.1) is 34.0 Å². The van der Waals surface area contributed by atoms with Crippen LogP contribution in [-0.2, 0) is 5.41 Å². The number of thiophene rings is 3. The normalized spacial score (nSPS) is 14.3. The van der Waals surface area contributed by atoms with E-state index in [0.717, 1.165) is 0 Å². The van der Waals surface area contributed by atoms with Gasteiger partial charge in [-0.1, -0.05) is 48.5 Å². The quantitative estimate of drug-likeness (QED) is 0.321. The molecule has 4 rings (SSSR count). The Bertz CT molecular complexity index is 1100. The molecule has 0 fully saturated rings. The molecule has 0 saturated heterocycles. The van der Waals surface area contributed by atoms with Gasteiger partial charge in [-0.05, 0) is 41.9 Å². The van der Waals surface area contributed by atoms with Crippen molar-refractivity contribution in [1.82, 2.24) is 0 Å². The largest absolute Gasteiger partial charge is 0.139 e. The maximum Gasteiger partial charge on any atom is 0.0447 e. The van der Waals surface area contributed by atoms with E-state index >= 15 is 0 Å². The van der Waals surface area contributed by atoms with Crippen molar-refractivity contribution in [3.05, 3.63) is 32.8 Å². The standard InChI is InChI=1S/C23H28S3/c1-8-13(4)18-10-15-20-14(9-17(24-20)12(2)3)22-16(21(15)25-18)11-19(26-22)23(5,6)7/h9-13H,8H2,1-7H3. The zero-order valence-corrected chi connectivity index (χ0v) is 19.3. The average Bonchev–Trinajstić information content (AvgIpc) is 3.26. The molecule has 3 heterocycles. The lowest BCUT2D eigenvalue weighted by atomic mass is 9.94. The van der Waals surface area contributed by atoms with Crippen molar-refractivity contribution in [2.75, 3.05) is 0 Å². The summed E-state index contributed by atoms with van der Waals surface area (Å²) in [5, 5.41) is 4.45. The summed E-state index contributed by atoms with van der Waals surface area (Å²) in [5.41, 5.74) is 0.204. The first-order valence-corrected chi connectivity index (χ1v) is 12.1. The Morgan fingerprint density at radius 1 is 0.769 bits per heavy atom. The minimum Gasteiger partial charge on any atom is -0.139 e. The molecule has 3 heteroatoms. The third kappa shape index (κ3) is 2.83. The minimum absolute atomic E-state index is 0.204. The van der Waals surface area contributed by atoms with E-state index in [9.17, 15) is 0 Å². The van der Waals surface area contributed by atoms with Crippen molar-refractivity contribution in [3.8, 4) is 0 Å². The lowest BCUT2D eigenvalue weighted by molar-refractivity contribution is 0.604. The summed E-state index contributed by atoms with van der Waals surface area (Å²) >= 11 is 6.05. The zero-order valence-electron chi connectivity index (χ0n) is 16.8. The van der Waals surface area contributed by atoms with Gasteiger partial charge in [0, 0.05) is 44.9 Å². The van der Waals surface area contributed by atoms with Crippen molar-refractivity contribution in [2.45, 2.75) is 72.1 Å². The first-order chi connectivity index (χ1) is 12.2. The van der Waals surface area contributed by atoms with Gasteiger partial charge in [0.15, 0.2) is 0 Å². The third-order valence-electron chi connectivity index (χ3n) is 5.37. The molecule has 0 bridgehead atoms. The molecule has 0 spiro atoms. The highest BCUT2D eigenvalue weighted by Crippen LogP contribution is 2.49. The molecule has 0 radical (unpaired) electrons. The molecule has 3 aromatic heterocycles. The molecule has 0 saturated carbocycles. The van der Waals surface area contributed by atoms with Crippen LogP contribution in [0.1, 0.15) is 81.4 Å². The molecule has 0 N–H and O–H groups in total. The Hall–Kier alpha value is -0.900. The maximum absolute atomic E-state index is 2.49. The van der Waals surface area contributed by atoms with Crippen molar-refractivity contribution < 1.29 is 0 Å². The summed E-state index contributed by atoms with van der Waals surface area (Å²) in [5.74, 6) is 1.23. The summed E-state index contributed by atoms with van der Waals surface area (Å²) < 4.78 is 4.51. The number of benzene rings is 1. The van der Waals surface area contributed by atoms with Gasteiger partial charge in [-0.2, -0.15) is 0 Å². The highest BCUT2D eigenvalue weighted by Gasteiger charge is 2.23. The second-order valence-electron chi connectivity index (χ2n) is 8.85. The van der Waals surface area contributed by atoms with Gasteiger partial charge < -0.3 is 0 Å². The lowest BCUT2D eigenvalue weighted by Crippen LogP contribution is -2.07. The van der Waals surface area contributed by atoms with Crippen molar-refractivity contribution in [1.29, 1.82) is 0 Å². The van der Waals surface area contributed by atoms with Crippen LogP contribution in [0.5, 0.6) is 0 Å². The number of hydrogen-bond acceptors (Lipinski definition) is 3. The Balaban J connectivity index is 2.15. The van der Waals surface area contributed by atoms with Crippen LogP contribution in [0.4, 0.5) is 0 Å². The Labute approximate surface area is 168 Å². The number of hydrogen-bond donors (Lipinski definition) is 0. The van der Waals surface area contributed by atoms with Crippen LogP contribution in [0.3, 0.4) is 0 Å². The molecular formula is C23H28S3. The summed E-state index contributed by atoms with van der Waals surface area (Å²) in [7, 11) is 0. The SMILES string of the molecule is CCC(C)c1cc2c3sc(C(C)C)cc3c3sc(C(C)(C)C)cc3c2s1. The van der Waals surface area contributed by atoms with Crippen LogP contribution in [0.25, 0.3) is 30.3 Å². The predicted octanol–water partition coefficient (Wildman–Crippen LogP) is 9.27. The number of fused-ring (bicyclic) bond motifs is 6. The van der Waals surface area contributed by atoms with E-state index in [1.807, 2.05) is 34.0 Å². The maximum atomic E-state index is 2.49. The van der Waals surface area contributed by atoms with E-state index < -0.39 is 0 Å². The van der Waals surface area contributed by atoms with E-state index in [2.05, 4.69) is 66.7 Å². The van der Waals surface area contributed by atoms with Gasteiger partial charge in [-0.25, -0.2) is 0 Å². The van der Waals surface area contributed by atoms with Crippen molar-refractivity contribution in [2.24, 2.45) is 0 Å². The second-order valence-corrected chi connectivity index (χ2v) is 12.1. The smallest absolute Gasteiger partial charge is 0.0447 e. The van der Waals surface area contributed by atoms with Gasteiger partial charge in [-0.3, -0.25) is 0 Å². The molecule has 138 valence electrons. The fraction of sp³-hybridized carbons (Fsp3) is 0.478. The summed E-state index contributed by atoms with van der Waals surface area (Å²) in [4.78, 5) is 4.55. The van der Waals surface area contributed by atoms with E-state index in [0.29, 0.717) is 11.8 Å². The Kier molecular flexibility index (Phi) is 4.49. The van der Waals surface area contributed by atoms with Crippen LogP contribution in [-0.4, -0.2) is 0 Å². The minimum atomic E-state index is 0.204. The van der Waals surface area contributed by atoms with Crippen LogP contribution >= 0.6 is 34.0 Å². The molecule has 4 aromatic rings. The second kappa shape index (κ2) is 6.32. The molecule has 0 amide bonds. The summed E-state index contributed by atoms with van der Waals surface area (Å²) in [6.07, 6.45) is 1.21. The van der Waals surface area contributed by atoms with Gasteiger partial charge in [0.25, 0.3) is 0 Å². The van der Waals surface area contributed by atoms with E-state index in [4.69, 9.17) is 0 Å². The summed E-state index contributed by atoms with van der Waals surface area (Å²) in [6.45, 7) is 16.3. The molecule has 26 heavy (non-hydrogen) atoms. The molecule has 0 nitrogen and oxygen atoms in total. The van der Waals surface area contributed by atoms with Crippen LogP contribution in [0.2, 0.25) is 0 Å². The van der Waals surface area contributed by atoms with Gasteiger partial charge in [0.05, 0.1) is 0 Å². The fourth-order valence-electron chi connectivity index (χ4n) is 3.42. The molecule has 0 aliphatic heterocycles. The molecule has 1 atom stereocenters. The van der Waals surface area contributed by atoms with Crippen LogP contribution in [0.15, 0.2) is 18.2 Å². The topological polar surface area (TPSA) is 0 Å². The van der Waals surface area contributed by atoms with E-state index in [1.165, 1.54) is 46.4 Å². The Morgan fingerprint density at radius 3 is 1.81 bits per heavy atom. The molecule has 0 aliphatic carbocycles. The predicted molar refractivity (Wildman–Crippen MR) is 124 cm³/mol. The van der Waals surface area contributed by atoms with Crippen molar-refractivity contribution in [3.63, 3.8) is 0 Å². The van der Waals surface area contributed by atoms with Gasteiger partial charge in [0.2, 0.25) is 0 Å².